The molecule has 2 heterocycles. The van der Waals surface area contributed by atoms with Crippen molar-refractivity contribution >= 4 is 17.5 Å². The van der Waals surface area contributed by atoms with E-state index in [1.807, 2.05) is 29.0 Å². The van der Waals surface area contributed by atoms with Crippen LogP contribution in [-0.4, -0.2) is 31.8 Å². The fraction of sp³-hybridized carbons (Fsp3) is 0.188. The molecule has 0 aliphatic heterocycles. The van der Waals surface area contributed by atoms with Gasteiger partial charge < -0.3 is 9.88 Å². The number of halogens is 1. The number of rotatable bonds is 6. The van der Waals surface area contributed by atoms with Crippen LogP contribution in [0.2, 0.25) is 5.02 Å². The van der Waals surface area contributed by atoms with E-state index in [0.717, 1.165) is 18.7 Å². The van der Waals surface area contributed by atoms with Gasteiger partial charge in [0.1, 0.15) is 0 Å². The summed E-state index contributed by atoms with van der Waals surface area (Å²) in [5.41, 5.74) is 1.25. The number of nitrogens with zero attached hydrogens (tertiary/aromatic N) is 4. The Hall–Kier alpha value is -2.60. The largest absolute Gasteiger partial charge is 0.352 e. The number of hydrogen-bond acceptors (Lipinski definition) is 3. The number of nitrogens with one attached hydrogen (secondary N) is 1. The maximum atomic E-state index is 12.1. The number of amides is 1. The minimum atomic E-state index is -0.145. The van der Waals surface area contributed by atoms with Crippen LogP contribution in [0.1, 0.15) is 16.8 Å². The van der Waals surface area contributed by atoms with E-state index in [0.29, 0.717) is 17.1 Å². The Kier molecular flexibility index (Phi) is 4.73. The number of imidazole rings is 1. The molecule has 3 aromatic rings. The first-order valence-electron chi connectivity index (χ1n) is 7.27. The molecule has 0 spiro atoms. The monoisotopic (exact) mass is 329 g/mol. The number of para-hydroxylation sites is 1. The molecule has 1 aromatic carbocycles. The van der Waals surface area contributed by atoms with Crippen LogP contribution in [0.3, 0.4) is 0 Å². The number of benzene rings is 1. The van der Waals surface area contributed by atoms with Gasteiger partial charge in [0.05, 0.1) is 28.8 Å². The van der Waals surface area contributed by atoms with E-state index in [1.165, 1.54) is 6.20 Å². The second kappa shape index (κ2) is 7.11. The number of carbonyl (C=O) groups excluding carboxylic acids is 1. The molecule has 0 fully saturated rings. The van der Waals surface area contributed by atoms with Crippen molar-refractivity contribution in [2.75, 3.05) is 6.54 Å². The highest BCUT2D eigenvalue weighted by molar-refractivity contribution is 6.32. The summed E-state index contributed by atoms with van der Waals surface area (Å²) in [5, 5.41) is 7.66. The summed E-state index contributed by atoms with van der Waals surface area (Å²) in [4.78, 5) is 16.1. The van der Waals surface area contributed by atoms with Crippen molar-refractivity contribution in [1.82, 2.24) is 24.6 Å². The zero-order valence-corrected chi connectivity index (χ0v) is 13.1. The van der Waals surface area contributed by atoms with Crippen molar-refractivity contribution in [1.29, 1.82) is 0 Å². The van der Waals surface area contributed by atoms with E-state index in [4.69, 9.17) is 11.6 Å². The number of carbonyl (C=O) groups is 1. The van der Waals surface area contributed by atoms with Crippen LogP contribution in [0.4, 0.5) is 0 Å². The Morgan fingerprint density at radius 1 is 1.30 bits per heavy atom. The fourth-order valence-corrected chi connectivity index (χ4v) is 2.42. The summed E-state index contributed by atoms with van der Waals surface area (Å²) in [7, 11) is 0. The van der Waals surface area contributed by atoms with E-state index in [9.17, 15) is 4.79 Å². The molecular formula is C16H16ClN5O. The van der Waals surface area contributed by atoms with Crippen LogP contribution in [0.5, 0.6) is 0 Å². The van der Waals surface area contributed by atoms with Gasteiger partial charge in [-0.05, 0) is 18.6 Å². The summed E-state index contributed by atoms with van der Waals surface area (Å²) in [6.45, 7) is 1.41. The molecule has 0 bridgehead atoms. The summed E-state index contributed by atoms with van der Waals surface area (Å²) in [6.07, 6.45) is 9.44. The van der Waals surface area contributed by atoms with Gasteiger partial charge in [-0.2, -0.15) is 5.10 Å². The molecule has 0 radical (unpaired) electrons. The third-order valence-corrected chi connectivity index (χ3v) is 3.70. The second-order valence-electron chi connectivity index (χ2n) is 5.03. The molecule has 2 aromatic heterocycles. The zero-order chi connectivity index (χ0) is 16.1. The van der Waals surface area contributed by atoms with E-state index >= 15 is 0 Å². The quantitative estimate of drug-likeness (QED) is 0.707. The van der Waals surface area contributed by atoms with Crippen molar-refractivity contribution in [3.8, 4) is 5.69 Å². The van der Waals surface area contributed by atoms with Crippen molar-refractivity contribution < 1.29 is 4.79 Å². The van der Waals surface area contributed by atoms with Crippen molar-refractivity contribution in [2.45, 2.75) is 13.0 Å². The molecule has 1 N–H and O–H groups in total. The van der Waals surface area contributed by atoms with Crippen molar-refractivity contribution in [2.24, 2.45) is 0 Å². The Balaban J connectivity index is 1.55. The molecule has 0 saturated carbocycles. The van der Waals surface area contributed by atoms with E-state index in [-0.39, 0.29) is 5.91 Å². The van der Waals surface area contributed by atoms with Crippen LogP contribution < -0.4 is 5.32 Å². The lowest BCUT2D eigenvalue weighted by Crippen LogP contribution is -2.24. The molecule has 3 rings (SSSR count). The van der Waals surface area contributed by atoms with Gasteiger partial charge in [0.2, 0.25) is 0 Å². The van der Waals surface area contributed by atoms with Gasteiger partial charge in [-0.25, -0.2) is 9.67 Å². The van der Waals surface area contributed by atoms with Gasteiger partial charge in [-0.3, -0.25) is 4.79 Å². The second-order valence-corrected chi connectivity index (χ2v) is 5.44. The van der Waals surface area contributed by atoms with Crippen LogP contribution in [0.25, 0.3) is 5.69 Å². The highest BCUT2D eigenvalue weighted by Crippen LogP contribution is 2.19. The van der Waals surface area contributed by atoms with Gasteiger partial charge in [-0.15, -0.1) is 0 Å². The van der Waals surface area contributed by atoms with Crippen LogP contribution in [-0.2, 0) is 6.54 Å². The molecule has 0 atom stereocenters. The van der Waals surface area contributed by atoms with E-state index in [1.54, 1.807) is 29.5 Å². The number of hydrogen-bond donors (Lipinski definition) is 1. The maximum absolute atomic E-state index is 12.1. The van der Waals surface area contributed by atoms with Gasteiger partial charge in [0, 0.05) is 31.7 Å². The summed E-state index contributed by atoms with van der Waals surface area (Å²) >= 11 is 6.13. The number of aromatic nitrogens is 4. The first-order valence-corrected chi connectivity index (χ1v) is 7.65. The maximum Gasteiger partial charge on any atom is 0.254 e. The normalized spacial score (nSPS) is 10.7. The predicted molar refractivity (Wildman–Crippen MR) is 87.8 cm³/mol. The topological polar surface area (TPSA) is 64.7 Å². The highest BCUT2D eigenvalue weighted by Gasteiger charge is 2.10. The molecule has 0 aliphatic rings. The molecule has 0 unspecified atom stereocenters. The minimum absolute atomic E-state index is 0.145. The Labute approximate surface area is 138 Å². The zero-order valence-electron chi connectivity index (χ0n) is 12.4. The summed E-state index contributed by atoms with van der Waals surface area (Å²) in [5.74, 6) is -0.145. The van der Waals surface area contributed by atoms with Gasteiger partial charge in [-0.1, -0.05) is 23.7 Å². The molecule has 23 heavy (non-hydrogen) atoms. The minimum Gasteiger partial charge on any atom is -0.352 e. The standard InChI is InChI=1S/C16H16ClN5O/c17-14-4-1-2-5-15(14)22-11-13(10-20-22)16(23)19-6-3-8-21-9-7-18-12-21/h1-2,4-5,7,9-12H,3,6,8H2,(H,19,23). The average Bonchev–Trinajstić information content (AvgIpc) is 3.23. The van der Waals surface area contributed by atoms with Crippen LogP contribution in [0.15, 0.2) is 55.4 Å². The van der Waals surface area contributed by atoms with E-state index in [2.05, 4.69) is 15.4 Å². The van der Waals surface area contributed by atoms with Crippen LogP contribution in [0, 0.1) is 0 Å². The predicted octanol–water partition coefficient (Wildman–Crippen LogP) is 2.54. The molecule has 118 valence electrons. The van der Waals surface area contributed by atoms with E-state index < -0.39 is 0 Å². The molecule has 7 heteroatoms. The van der Waals surface area contributed by atoms with Crippen LogP contribution >= 0.6 is 11.6 Å². The Bertz CT molecular complexity index is 781. The SMILES string of the molecule is O=C(NCCCn1ccnc1)c1cnn(-c2ccccc2Cl)c1. The third kappa shape index (κ3) is 3.78. The molecule has 1 amide bonds. The summed E-state index contributed by atoms with van der Waals surface area (Å²) < 4.78 is 3.57. The molecular weight excluding hydrogens is 314 g/mol. The van der Waals surface area contributed by atoms with Gasteiger partial charge in [0.15, 0.2) is 0 Å². The number of aryl methyl sites for hydroxylation is 1. The van der Waals surface area contributed by atoms with Gasteiger partial charge in [0.25, 0.3) is 5.91 Å². The third-order valence-electron chi connectivity index (χ3n) is 3.38. The smallest absolute Gasteiger partial charge is 0.254 e. The molecule has 6 nitrogen and oxygen atoms in total. The van der Waals surface area contributed by atoms with Crippen molar-refractivity contribution in [3.05, 3.63) is 66.0 Å². The van der Waals surface area contributed by atoms with Gasteiger partial charge >= 0.3 is 0 Å². The van der Waals surface area contributed by atoms with Crippen molar-refractivity contribution in [3.63, 3.8) is 0 Å². The Morgan fingerprint density at radius 3 is 2.96 bits per heavy atom. The first kappa shape index (κ1) is 15.3. The average molecular weight is 330 g/mol. The Morgan fingerprint density at radius 2 is 2.17 bits per heavy atom. The lowest BCUT2D eigenvalue weighted by Gasteiger charge is -2.04. The lowest BCUT2D eigenvalue weighted by atomic mass is 10.3. The fourth-order valence-electron chi connectivity index (χ4n) is 2.19. The highest BCUT2D eigenvalue weighted by atomic mass is 35.5. The summed E-state index contributed by atoms with van der Waals surface area (Å²) in [6, 6.07) is 7.36. The molecule has 0 saturated heterocycles. The lowest BCUT2D eigenvalue weighted by molar-refractivity contribution is 0.0952. The molecule has 0 aliphatic carbocycles. The first-order chi connectivity index (χ1) is 11.2.